The van der Waals surface area contributed by atoms with E-state index >= 15 is 0 Å². The largest absolute Gasteiger partial charge is 0.399 e. The van der Waals surface area contributed by atoms with Gasteiger partial charge in [0.2, 0.25) is 0 Å². The van der Waals surface area contributed by atoms with Gasteiger partial charge in [-0.15, -0.1) is 6.58 Å². The second-order valence-corrected chi connectivity index (χ2v) is 6.77. The van der Waals surface area contributed by atoms with E-state index in [1.54, 1.807) is 0 Å². The minimum atomic E-state index is -0.755. The van der Waals surface area contributed by atoms with Crippen molar-refractivity contribution in [1.29, 1.82) is 5.41 Å². The van der Waals surface area contributed by atoms with Gasteiger partial charge in [0.25, 0.3) is 0 Å². The molecule has 2 amide bonds. The molecular formula is C18H28N4O. The van der Waals surface area contributed by atoms with Crippen LogP contribution in [0.4, 0.5) is 10.5 Å². The summed E-state index contributed by atoms with van der Waals surface area (Å²) in [5.41, 5.74) is 6.30. The predicted octanol–water partition coefficient (Wildman–Crippen LogP) is 3.26. The van der Waals surface area contributed by atoms with Gasteiger partial charge in [0, 0.05) is 23.9 Å². The van der Waals surface area contributed by atoms with Crippen LogP contribution < -0.4 is 16.4 Å². The fourth-order valence-corrected chi connectivity index (χ4v) is 2.31. The number of anilines is 1. The van der Waals surface area contributed by atoms with Gasteiger partial charge >= 0.3 is 6.03 Å². The van der Waals surface area contributed by atoms with Crippen LogP contribution >= 0.6 is 0 Å². The van der Waals surface area contributed by atoms with E-state index in [1.165, 1.54) is 6.21 Å². The molecule has 5 N–H and O–H groups in total. The highest BCUT2D eigenvalue weighted by atomic mass is 16.2. The normalized spacial score (nSPS) is 13.7. The molecule has 0 radical (unpaired) electrons. The van der Waals surface area contributed by atoms with Crippen molar-refractivity contribution in [3.63, 3.8) is 0 Å². The number of nitrogen functional groups attached to an aromatic ring is 1. The van der Waals surface area contributed by atoms with E-state index in [0.717, 1.165) is 18.4 Å². The molecule has 0 aliphatic heterocycles. The molecule has 0 saturated heterocycles. The number of carbonyl (C=O) groups excluding carboxylic acids is 1. The van der Waals surface area contributed by atoms with Gasteiger partial charge in [-0.05, 0) is 51.3 Å². The van der Waals surface area contributed by atoms with Crippen LogP contribution in [0.25, 0.3) is 0 Å². The van der Waals surface area contributed by atoms with Crippen LogP contribution in [0, 0.1) is 5.41 Å². The lowest BCUT2D eigenvalue weighted by Crippen LogP contribution is -2.56. The average molecular weight is 316 g/mol. The van der Waals surface area contributed by atoms with Gasteiger partial charge in [0.05, 0.1) is 5.54 Å². The van der Waals surface area contributed by atoms with Gasteiger partial charge in [-0.2, -0.15) is 0 Å². The van der Waals surface area contributed by atoms with E-state index in [4.69, 9.17) is 11.1 Å². The predicted molar refractivity (Wildman–Crippen MR) is 96.9 cm³/mol. The molecule has 5 heteroatoms. The molecular weight excluding hydrogens is 288 g/mol. The van der Waals surface area contributed by atoms with Crippen LogP contribution in [0.2, 0.25) is 0 Å². The SMILES string of the molecule is C=CCCC(C)(C)NC(=O)NC(C)(C=N)Cc1ccc(N)cc1. The van der Waals surface area contributed by atoms with E-state index in [1.807, 2.05) is 51.1 Å². The van der Waals surface area contributed by atoms with Crippen molar-refractivity contribution in [3.05, 3.63) is 42.5 Å². The number of allylic oxidation sites excluding steroid dienone is 1. The fourth-order valence-electron chi connectivity index (χ4n) is 2.31. The van der Waals surface area contributed by atoms with Gasteiger partial charge in [0.1, 0.15) is 0 Å². The summed E-state index contributed by atoms with van der Waals surface area (Å²) in [6, 6.07) is 7.17. The topological polar surface area (TPSA) is 91.0 Å². The van der Waals surface area contributed by atoms with E-state index in [2.05, 4.69) is 17.2 Å². The van der Waals surface area contributed by atoms with Crippen molar-refractivity contribution in [2.24, 2.45) is 0 Å². The maximum Gasteiger partial charge on any atom is 0.315 e. The number of carbonyl (C=O) groups is 1. The van der Waals surface area contributed by atoms with Crippen molar-refractivity contribution in [2.75, 3.05) is 5.73 Å². The first-order chi connectivity index (χ1) is 10.7. The number of benzene rings is 1. The van der Waals surface area contributed by atoms with Gasteiger partial charge in [-0.25, -0.2) is 4.79 Å². The zero-order valence-electron chi connectivity index (χ0n) is 14.3. The quantitative estimate of drug-likeness (QED) is 0.337. The summed E-state index contributed by atoms with van der Waals surface area (Å²) in [6.07, 6.45) is 5.27. The molecule has 0 aliphatic carbocycles. The lowest BCUT2D eigenvalue weighted by atomic mass is 9.93. The van der Waals surface area contributed by atoms with E-state index in [9.17, 15) is 4.79 Å². The second-order valence-electron chi connectivity index (χ2n) is 6.77. The third-order valence-corrected chi connectivity index (χ3v) is 3.69. The van der Waals surface area contributed by atoms with Crippen molar-refractivity contribution in [3.8, 4) is 0 Å². The first-order valence-corrected chi connectivity index (χ1v) is 7.77. The maximum atomic E-state index is 12.3. The molecule has 0 aromatic heterocycles. The number of nitrogens with one attached hydrogen (secondary N) is 3. The molecule has 1 rings (SSSR count). The van der Waals surface area contributed by atoms with Crippen molar-refractivity contribution in [1.82, 2.24) is 10.6 Å². The Balaban J connectivity index is 2.69. The summed E-state index contributed by atoms with van der Waals surface area (Å²) in [5, 5.41) is 13.5. The Bertz CT molecular complexity index is 551. The minimum absolute atomic E-state index is 0.277. The molecule has 0 spiro atoms. The molecule has 23 heavy (non-hydrogen) atoms. The summed E-state index contributed by atoms with van der Waals surface area (Å²) in [6.45, 7) is 9.47. The van der Waals surface area contributed by atoms with Crippen molar-refractivity contribution < 1.29 is 4.79 Å². The smallest absolute Gasteiger partial charge is 0.315 e. The lowest BCUT2D eigenvalue weighted by Gasteiger charge is -2.31. The highest BCUT2D eigenvalue weighted by Gasteiger charge is 2.27. The standard InChI is InChI=1S/C18H28N4O/c1-5-6-11-17(2,3)21-16(23)22-18(4,13-19)12-14-7-9-15(20)10-8-14/h5,7-10,13,19H,1,6,11-12,20H2,2-4H3,(H2,21,22,23). The minimum Gasteiger partial charge on any atom is -0.399 e. The maximum absolute atomic E-state index is 12.3. The third-order valence-electron chi connectivity index (χ3n) is 3.69. The molecule has 1 atom stereocenters. The van der Waals surface area contributed by atoms with Crippen LogP contribution in [0.5, 0.6) is 0 Å². The summed E-state index contributed by atoms with van der Waals surface area (Å²) in [5.74, 6) is 0. The lowest BCUT2D eigenvalue weighted by molar-refractivity contribution is 0.222. The molecule has 0 aliphatic rings. The number of amides is 2. The Morgan fingerprint density at radius 3 is 2.39 bits per heavy atom. The summed E-state index contributed by atoms with van der Waals surface area (Å²) < 4.78 is 0. The Kier molecular flexibility index (Phi) is 6.37. The molecule has 1 aromatic carbocycles. The van der Waals surface area contributed by atoms with Gasteiger partial charge in [0.15, 0.2) is 0 Å². The highest BCUT2D eigenvalue weighted by molar-refractivity contribution is 5.81. The van der Waals surface area contributed by atoms with Crippen LogP contribution in [-0.2, 0) is 6.42 Å². The molecule has 0 saturated carbocycles. The highest BCUT2D eigenvalue weighted by Crippen LogP contribution is 2.15. The van der Waals surface area contributed by atoms with E-state index in [0.29, 0.717) is 12.1 Å². The number of hydrogen-bond donors (Lipinski definition) is 4. The molecule has 1 aromatic rings. The van der Waals surface area contributed by atoms with Gasteiger partial charge in [-0.1, -0.05) is 18.2 Å². The molecule has 0 bridgehead atoms. The van der Waals surface area contributed by atoms with E-state index in [-0.39, 0.29) is 11.6 Å². The molecule has 1 unspecified atom stereocenters. The Morgan fingerprint density at radius 1 is 1.26 bits per heavy atom. The zero-order valence-corrected chi connectivity index (χ0v) is 14.3. The monoisotopic (exact) mass is 316 g/mol. The van der Waals surface area contributed by atoms with Crippen LogP contribution in [-0.4, -0.2) is 23.3 Å². The van der Waals surface area contributed by atoms with E-state index < -0.39 is 5.54 Å². The Hall–Kier alpha value is -2.30. The van der Waals surface area contributed by atoms with Crippen LogP contribution in [0.1, 0.15) is 39.2 Å². The summed E-state index contributed by atoms with van der Waals surface area (Å²) in [4.78, 5) is 12.3. The number of rotatable bonds is 8. The van der Waals surface area contributed by atoms with Gasteiger partial charge < -0.3 is 21.8 Å². The van der Waals surface area contributed by atoms with Crippen LogP contribution in [0.15, 0.2) is 36.9 Å². The van der Waals surface area contributed by atoms with Crippen molar-refractivity contribution >= 4 is 17.9 Å². The Labute approximate surface area is 138 Å². The molecule has 126 valence electrons. The fraction of sp³-hybridized carbons (Fsp3) is 0.444. The summed E-state index contributed by atoms with van der Waals surface area (Å²) in [7, 11) is 0. The first kappa shape index (κ1) is 18.7. The average Bonchev–Trinajstić information content (AvgIpc) is 2.47. The Morgan fingerprint density at radius 2 is 1.87 bits per heavy atom. The zero-order chi connectivity index (χ0) is 17.5. The molecule has 0 heterocycles. The molecule has 0 fully saturated rings. The number of hydrogen-bond acceptors (Lipinski definition) is 3. The number of urea groups is 1. The second kappa shape index (κ2) is 7.81. The number of nitrogens with two attached hydrogens (primary N) is 1. The van der Waals surface area contributed by atoms with Crippen molar-refractivity contribution in [2.45, 2.75) is 51.1 Å². The third kappa shape index (κ3) is 6.55. The van der Waals surface area contributed by atoms with Gasteiger partial charge in [-0.3, -0.25) is 0 Å². The summed E-state index contributed by atoms with van der Waals surface area (Å²) >= 11 is 0. The molecule has 5 nitrogen and oxygen atoms in total. The first-order valence-electron chi connectivity index (χ1n) is 7.77. The van der Waals surface area contributed by atoms with Crippen LogP contribution in [0.3, 0.4) is 0 Å².